The van der Waals surface area contributed by atoms with Crippen molar-refractivity contribution in [1.82, 2.24) is 15.2 Å². The molecule has 0 spiro atoms. The van der Waals surface area contributed by atoms with Crippen molar-refractivity contribution < 1.29 is 4.79 Å². The van der Waals surface area contributed by atoms with E-state index in [-0.39, 0.29) is 11.9 Å². The van der Waals surface area contributed by atoms with Gasteiger partial charge < -0.3 is 16.0 Å². The minimum Gasteiger partial charge on any atom is -0.359 e. The Kier molecular flexibility index (Phi) is 6.32. The molecular weight excluding hydrogens is 228 g/mol. The Hall–Kier alpha value is -1.46. The largest absolute Gasteiger partial charge is 0.359 e. The van der Waals surface area contributed by atoms with Crippen molar-refractivity contribution in [2.24, 2.45) is 5.73 Å². The molecule has 0 fully saturated rings. The molecule has 1 heterocycles. The molecule has 1 atom stereocenters. The number of carbonyl (C=O) groups excluding carboxylic acids is 1. The molecule has 3 N–H and O–H groups in total. The number of carbonyl (C=O) groups is 1. The Balaban J connectivity index is 2.42. The fourth-order valence-corrected chi connectivity index (χ4v) is 1.77. The van der Waals surface area contributed by atoms with Crippen molar-refractivity contribution in [2.75, 3.05) is 27.2 Å². The van der Waals surface area contributed by atoms with Crippen LogP contribution in [0.3, 0.4) is 0 Å². The Bertz CT molecular complexity index is 355. The molecule has 5 nitrogen and oxygen atoms in total. The molecule has 1 rings (SSSR count). The topological polar surface area (TPSA) is 71.2 Å². The number of amides is 1. The lowest BCUT2D eigenvalue weighted by Gasteiger charge is -2.26. The van der Waals surface area contributed by atoms with Gasteiger partial charge >= 0.3 is 0 Å². The summed E-state index contributed by atoms with van der Waals surface area (Å²) in [5, 5.41) is 2.63. The van der Waals surface area contributed by atoms with E-state index in [1.165, 1.54) is 5.56 Å². The van der Waals surface area contributed by atoms with Gasteiger partial charge in [0.05, 0.1) is 0 Å². The van der Waals surface area contributed by atoms with E-state index >= 15 is 0 Å². The van der Waals surface area contributed by atoms with Crippen LogP contribution in [0.2, 0.25) is 0 Å². The fourth-order valence-electron chi connectivity index (χ4n) is 1.77. The van der Waals surface area contributed by atoms with E-state index in [2.05, 4.69) is 15.2 Å². The highest BCUT2D eigenvalue weighted by Gasteiger charge is 2.16. The van der Waals surface area contributed by atoms with E-state index in [0.717, 1.165) is 13.0 Å². The summed E-state index contributed by atoms with van der Waals surface area (Å²) in [5.41, 5.74) is 6.96. The predicted octanol–water partition coefficient (Wildman–Crippen LogP) is 0.0193. The van der Waals surface area contributed by atoms with Crippen molar-refractivity contribution >= 4 is 5.91 Å². The number of pyridine rings is 1. The minimum absolute atomic E-state index is 0.0289. The van der Waals surface area contributed by atoms with Gasteiger partial charge in [-0.15, -0.1) is 0 Å². The second-order valence-corrected chi connectivity index (χ2v) is 4.35. The van der Waals surface area contributed by atoms with Gasteiger partial charge in [0.15, 0.2) is 0 Å². The molecule has 18 heavy (non-hydrogen) atoms. The molecule has 0 aliphatic rings. The summed E-state index contributed by atoms with van der Waals surface area (Å²) in [5.74, 6) is 0.0289. The third kappa shape index (κ3) is 4.81. The molecule has 0 bridgehead atoms. The molecule has 1 unspecified atom stereocenters. The molecule has 100 valence electrons. The van der Waals surface area contributed by atoms with Crippen molar-refractivity contribution in [1.29, 1.82) is 0 Å². The SMILES string of the molecule is CNC(=O)CC(CN)N(C)CCc1ccncc1. The van der Waals surface area contributed by atoms with Crippen LogP contribution in [0.5, 0.6) is 0 Å². The van der Waals surface area contributed by atoms with Gasteiger partial charge in [-0.05, 0) is 31.2 Å². The first-order valence-electron chi connectivity index (χ1n) is 6.17. The van der Waals surface area contributed by atoms with E-state index in [1.54, 1.807) is 19.4 Å². The second kappa shape index (κ2) is 7.79. The Morgan fingerprint density at radius 1 is 1.50 bits per heavy atom. The molecule has 0 saturated heterocycles. The third-order valence-corrected chi connectivity index (χ3v) is 3.10. The zero-order valence-corrected chi connectivity index (χ0v) is 11.1. The van der Waals surface area contributed by atoms with E-state index in [1.807, 2.05) is 19.2 Å². The van der Waals surface area contributed by atoms with Crippen molar-refractivity contribution in [2.45, 2.75) is 18.9 Å². The summed E-state index contributed by atoms with van der Waals surface area (Å²) in [4.78, 5) is 17.5. The summed E-state index contributed by atoms with van der Waals surface area (Å²) in [6.07, 6.45) is 4.96. The smallest absolute Gasteiger partial charge is 0.221 e. The normalized spacial score (nSPS) is 12.4. The lowest BCUT2D eigenvalue weighted by atomic mass is 10.1. The van der Waals surface area contributed by atoms with Crippen LogP contribution in [0.25, 0.3) is 0 Å². The lowest BCUT2D eigenvalue weighted by Crippen LogP contribution is -2.42. The van der Waals surface area contributed by atoms with Gasteiger partial charge in [0.25, 0.3) is 0 Å². The van der Waals surface area contributed by atoms with Crippen LogP contribution in [0.1, 0.15) is 12.0 Å². The molecule has 0 aliphatic carbocycles. The second-order valence-electron chi connectivity index (χ2n) is 4.35. The number of aromatic nitrogens is 1. The predicted molar refractivity (Wildman–Crippen MR) is 72.1 cm³/mol. The Labute approximate surface area is 108 Å². The van der Waals surface area contributed by atoms with Crippen molar-refractivity contribution in [3.63, 3.8) is 0 Å². The number of hydrogen-bond acceptors (Lipinski definition) is 4. The zero-order valence-electron chi connectivity index (χ0n) is 11.1. The fraction of sp³-hybridized carbons (Fsp3) is 0.538. The standard InChI is InChI=1S/C13H22N4O/c1-15-13(18)9-12(10-14)17(2)8-5-11-3-6-16-7-4-11/h3-4,6-7,12H,5,8-10,14H2,1-2H3,(H,15,18). The average molecular weight is 250 g/mol. The van der Waals surface area contributed by atoms with E-state index in [9.17, 15) is 4.79 Å². The zero-order chi connectivity index (χ0) is 13.4. The average Bonchev–Trinajstić information content (AvgIpc) is 2.42. The lowest BCUT2D eigenvalue weighted by molar-refractivity contribution is -0.121. The van der Waals surface area contributed by atoms with Crippen LogP contribution < -0.4 is 11.1 Å². The number of rotatable bonds is 7. The van der Waals surface area contributed by atoms with Gasteiger partial charge in [-0.2, -0.15) is 0 Å². The highest BCUT2D eigenvalue weighted by molar-refractivity contribution is 5.76. The number of nitrogens with zero attached hydrogens (tertiary/aromatic N) is 2. The number of likely N-dealkylation sites (N-methyl/N-ethyl adjacent to an activating group) is 1. The number of nitrogens with one attached hydrogen (secondary N) is 1. The van der Waals surface area contributed by atoms with E-state index in [0.29, 0.717) is 13.0 Å². The first-order valence-corrected chi connectivity index (χ1v) is 6.17. The molecule has 1 aromatic rings. The molecule has 0 saturated carbocycles. The number of nitrogens with two attached hydrogens (primary N) is 1. The summed E-state index contributed by atoms with van der Waals surface area (Å²) < 4.78 is 0. The van der Waals surface area contributed by atoms with Gasteiger partial charge in [-0.25, -0.2) is 0 Å². The third-order valence-electron chi connectivity index (χ3n) is 3.10. The van der Waals surface area contributed by atoms with Gasteiger partial charge in [-0.3, -0.25) is 9.78 Å². The van der Waals surface area contributed by atoms with Gasteiger partial charge in [-0.1, -0.05) is 0 Å². The first-order chi connectivity index (χ1) is 8.67. The minimum atomic E-state index is 0.0289. The molecule has 1 amide bonds. The maximum absolute atomic E-state index is 11.4. The van der Waals surface area contributed by atoms with Crippen LogP contribution in [-0.4, -0.2) is 49.0 Å². The molecule has 1 aromatic heterocycles. The maximum Gasteiger partial charge on any atom is 0.221 e. The van der Waals surface area contributed by atoms with E-state index < -0.39 is 0 Å². The highest BCUT2D eigenvalue weighted by Crippen LogP contribution is 2.04. The van der Waals surface area contributed by atoms with E-state index in [4.69, 9.17) is 5.73 Å². The molecule has 5 heteroatoms. The Morgan fingerprint density at radius 3 is 2.72 bits per heavy atom. The summed E-state index contributed by atoms with van der Waals surface area (Å²) in [7, 11) is 3.65. The van der Waals surface area contributed by atoms with Crippen LogP contribution in [-0.2, 0) is 11.2 Å². The highest BCUT2D eigenvalue weighted by atomic mass is 16.1. The van der Waals surface area contributed by atoms with Crippen LogP contribution in [0.15, 0.2) is 24.5 Å². The molecule has 0 aliphatic heterocycles. The first kappa shape index (κ1) is 14.6. The number of hydrogen-bond donors (Lipinski definition) is 2. The van der Waals surface area contributed by atoms with Crippen LogP contribution in [0.4, 0.5) is 0 Å². The molecule has 0 radical (unpaired) electrons. The molecular formula is C13H22N4O. The van der Waals surface area contributed by atoms with Crippen LogP contribution >= 0.6 is 0 Å². The summed E-state index contributed by atoms with van der Waals surface area (Å²) in [6, 6.07) is 4.10. The van der Waals surface area contributed by atoms with Crippen LogP contribution in [0, 0.1) is 0 Å². The summed E-state index contributed by atoms with van der Waals surface area (Å²) >= 11 is 0. The maximum atomic E-state index is 11.4. The van der Waals surface area contributed by atoms with Crippen molar-refractivity contribution in [3.8, 4) is 0 Å². The van der Waals surface area contributed by atoms with Gasteiger partial charge in [0.1, 0.15) is 0 Å². The Morgan fingerprint density at radius 2 is 2.17 bits per heavy atom. The van der Waals surface area contributed by atoms with Crippen molar-refractivity contribution in [3.05, 3.63) is 30.1 Å². The monoisotopic (exact) mass is 250 g/mol. The molecule has 0 aromatic carbocycles. The van der Waals surface area contributed by atoms with Gasteiger partial charge in [0.2, 0.25) is 5.91 Å². The quantitative estimate of drug-likeness (QED) is 0.715. The summed E-state index contributed by atoms with van der Waals surface area (Å²) in [6.45, 7) is 1.36. The van der Waals surface area contributed by atoms with Gasteiger partial charge in [0, 0.05) is 45.0 Å².